The van der Waals surface area contributed by atoms with Crippen LogP contribution in [-0.2, 0) is 4.79 Å². The van der Waals surface area contributed by atoms with Gasteiger partial charge in [-0.15, -0.1) is 6.58 Å². The van der Waals surface area contributed by atoms with Gasteiger partial charge in [-0.2, -0.15) is 0 Å². The van der Waals surface area contributed by atoms with Gasteiger partial charge in [-0.05, 0) is 67.1 Å². The molecule has 0 radical (unpaired) electrons. The van der Waals surface area contributed by atoms with Gasteiger partial charge in [0.15, 0.2) is 0 Å². The first kappa shape index (κ1) is 26.6. The second kappa shape index (κ2) is 14.3. The van der Waals surface area contributed by atoms with E-state index >= 15 is 0 Å². The molecule has 4 nitrogen and oxygen atoms in total. The number of hydrogen-bond acceptors (Lipinski definition) is 3. The molecule has 0 spiro atoms. The van der Waals surface area contributed by atoms with E-state index in [-0.39, 0.29) is 5.91 Å². The number of pyridine rings is 1. The van der Waals surface area contributed by atoms with Crippen molar-refractivity contribution in [2.75, 3.05) is 26.2 Å². The third-order valence-corrected chi connectivity index (χ3v) is 7.30. The normalized spacial score (nSPS) is 14.7. The van der Waals surface area contributed by atoms with E-state index in [4.69, 9.17) is 0 Å². The Morgan fingerprint density at radius 1 is 0.973 bits per heavy atom. The van der Waals surface area contributed by atoms with Crippen molar-refractivity contribution in [2.45, 2.75) is 38.1 Å². The van der Waals surface area contributed by atoms with Gasteiger partial charge in [-0.1, -0.05) is 85.6 Å². The third-order valence-electron chi connectivity index (χ3n) is 7.30. The van der Waals surface area contributed by atoms with Crippen LogP contribution in [-0.4, -0.2) is 46.9 Å². The smallest absolute Gasteiger partial charge is 0.246 e. The molecular formula is C33H39N3O. The molecule has 192 valence electrons. The van der Waals surface area contributed by atoms with Gasteiger partial charge >= 0.3 is 0 Å². The molecule has 2 aromatic carbocycles. The van der Waals surface area contributed by atoms with Crippen LogP contribution in [0.15, 0.2) is 104 Å². The van der Waals surface area contributed by atoms with Crippen LogP contribution in [0, 0.1) is 5.92 Å². The number of carbonyl (C=O) groups is 1. The van der Waals surface area contributed by atoms with Crippen LogP contribution < -0.4 is 0 Å². The van der Waals surface area contributed by atoms with Crippen LogP contribution in [0.5, 0.6) is 0 Å². The highest BCUT2D eigenvalue weighted by Gasteiger charge is 2.27. The molecule has 1 saturated heterocycles. The first-order chi connectivity index (χ1) is 18.2. The van der Waals surface area contributed by atoms with Crippen LogP contribution in [0.4, 0.5) is 0 Å². The lowest BCUT2D eigenvalue weighted by atomic mass is 9.88. The summed E-state index contributed by atoms with van der Waals surface area (Å²) in [5.41, 5.74) is 3.68. The summed E-state index contributed by atoms with van der Waals surface area (Å²) in [6.07, 6.45) is 14.7. The van der Waals surface area contributed by atoms with Crippen LogP contribution in [0.25, 0.3) is 6.08 Å². The number of amides is 1. The number of piperidine rings is 1. The molecule has 0 saturated carbocycles. The van der Waals surface area contributed by atoms with E-state index < -0.39 is 0 Å². The molecule has 1 aliphatic rings. The highest BCUT2D eigenvalue weighted by atomic mass is 16.2. The number of benzene rings is 2. The van der Waals surface area contributed by atoms with E-state index in [9.17, 15) is 4.79 Å². The van der Waals surface area contributed by atoms with Gasteiger partial charge in [-0.3, -0.25) is 14.7 Å². The molecule has 0 N–H and O–H groups in total. The zero-order valence-corrected chi connectivity index (χ0v) is 21.8. The fourth-order valence-corrected chi connectivity index (χ4v) is 5.32. The molecule has 1 aromatic heterocycles. The molecule has 2 heterocycles. The molecular weight excluding hydrogens is 454 g/mol. The minimum atomic E-state index is 0.0323. The molecule has 0 bridgehead atoms. The molecule has 1 fully saturated rings. The lowest BCUT2D eigenvalue weighted by Crippen LogP contribution is -2.37. The van der Waals surface area contributed by atoms with E-state index in [2.05, 4.69) is 77.1 Å². The van der Waals surface area contributed by atoms with Crippen LogP contribution in [0.2, 0.25) is 0 Å². The first-order valence-corrected chi connectivity index (χ1v) is 13.6. The van der Waals surface area contributed by atoms with Gasteiger partial charge in [0.25, 0.3) is 0 Å². The molecule has 0 atom stereocenters. The molecule has 1 amide bonds. The Morgan fingerprint density at radius 2 is 1.65 bits per heavy atom. The highest BCUT2D eigenvalue weighted by molar-refractivity contribution is 5.91. The van der Waals surface area contributed by atoms with Gasteiger partial charge in [0.1, 0.15) is 0 Å². The fourth-order valence-electron chi connectivity index (χ4n) is 5.32. The maximum Gasteiger partial charge on any atom is 0.246 e. The zero-order valence-electron chi connectivity index (χ0n) is 21.8. The van der Waals surface area contributed by atoms with Gasteiger partial charge in [0.05, 0.1) is 6.04 Å². The van der Waals surface area contributed by atoms with Crippen molar-refractivity contribution in [3.8, 4) is 0 Å². The number of hydrogen-bond donors (Lipinski definition) is 0. The Kier molecular flexibility index (Phi) is 10.3. The number of rotatable bonds is 12. The predicted octanol–water partition coefficient (Wildman–Crippen LogP) is 6.78. The molecule has 1 aliphatic heterocycles. The van der Waals surface area contributed by atoms with Gasteiger partial charge in [0, 0.05) is 31.6 Å². The number of carbonyl (C=O) groups excluding carboxylic acids is 1. The second-order valence-corrected chi connectivity index (χ2v) is 9.89. The molecule has 4 rings (SSSR count). The quantitative estimate of drug-likeness (QED) is 0.158. The summed E-state index contributed by atoms with van der Waals surface area (Å²) in [5, 5.41) is 0. The van der Waals surface area contributed by atoms with Gasteiger partial charge < -0.3 is 4.90 Å². The molecule has 0 aliphatic carbocycles. The fraction of sp³-hybridized carbons (Fsp3) is 0.333. The summed E-state index contributed by atoms with van der Waals surface area (Å²) in [5.74, 6) is 0.794. The summed E-state index contributed by atoms with van der Waals surface area (Å²) in [6, 6.07) is 25.9. The number of aromatic nitrogens is 1. The molecule has 4 heteroatoms. The molecule has 3 aromatic rings. The Bertz CT molecular complexity index is 1070. The summed E-state index contributed by atoms with van der Waals surface area (Å²) >= 11 is 0. The van der Waals surface area contributed by atoms with E-state index in [0.29, 0.717) is 12.6 Å². The maximum absolute atomic E-state index is 12.7. The van der Waals surface area contributed by atoms with Crippen molar-refractivity contribution in [1.82, 2.24) is 14.8 Å². The van der Waals surface area contributed by atoms with Gasteiger partial charge in [0.2, 0.25) is 5.91 Å². The predicted molar refractivity (Wildman–Crippen MR) is 153 cm³/mol. The summed E-state index contributed by atoms with van der Waals surface area (Å²) in [6.45, 7) is 7.43. The minimum absolute atomic E-state index is 0.0323. The van der Waals surface area contributed by atoms with E-state index in [1.54, 1.807) is 24.5 Å². The van der Waals surface area contributed by atoms with Crippen molar-refractivity contribution in [1.29, 1.82) is 0 Å². The summed E-state index contributed by atoms with van der Waals surface area (Å²) in [7, 11) is 0. The number of likely N-dealkylation sites (tertiary alicyclic amines) is 1. The van der Waals surface area contributed by atoms with Crippen molar-refractivity contribution in [3.63, 3.8) is 0 Å². The summed E-state index contributed by atoms with van der Waals surface area (Å²) in [4.78, 5) is 21.3. The minimum Gasteiger partial charge on any atom is -0.335 e. The van der Waals surface area contributed by atoms with Crippen molar-refractivity contribution in [3.05, 3.63) is 121 Å². The Labute approximate surface area is 222 Å². The number of nitrogens with zero attached hydrogens (tertiary/aromatic N) is 3. The van der Waals surface area contributed by atoms with Crippen molar-refractivity contribution < 1.29 is 4.79 Å². The average Bonchev–Trinajstić information content (AvgIpc) is 2.96. The molecule has 0 unspecified atom stereocenters. The number of unbranched alkanes of at least 4 members (excludes halogenated alkanes) is 1. The second-order valence-electron chi connectivity index (χ2n) is 9.89. The third kappa shape index (κ3) is 7.99. The SMILES string of the molecule is C=CCN(CCCCC1CCN(C(c2ccccc2)c2ccccc2)CC1)C(=O)C=Cc1cccnc1. The highest BCUT2D eigenvalue weighted by Crippen LogP contribution is 2.33. The van der Waals surface area contributed by atoms with Crippen LogP contribution in [0.1, 0.15) is 54.8 Å². The topological polar surface area (TPSA) is 36.4 Å². The lowest BCUT2D eigenvalue weighted by Gasteiger charge is -2.38. The van der Waals surface area contributed by atoms with Gasteiger partial charge in [-0.25, -0.2) is 0 Å². The lowest BCUT2D eigenvalue weighted by molar-refractivity contribution is -0.125. The van der Waals surface area contributed by atoms with Crippen molar-refractivity contribution in [2.24, 2.45) is 5.92 Å². The van der Waals surface area contributed by atoms with E-state index in [0.717, 1.165) is 44.0 Å². The Hall–Kier alpha value is -3.50. The maximum atomic E-state index is 12.7. The van der Waals surface area contributed by atoms with Crippen molar-refractivity contribution >= 4 is 12.0 Å². The summed E-state index contributed by atoms with van der Waals surface area (Å²) < 4.78 is 0. The Morgan fingerprint density at radius 3 is 2.24 bits per heavy atom. The first-order valence-electron chi connectivity index (χ1n) is 13.6. The monoisotopic (exact) mass is 493 g/mol. The average molecular weight is 494 g/mol. The Balaban J connectivity index is 1.24. The van der Waals surface area contributed by atoms with E-state index in [1.165, 1.54) is 30.4 Å². The van der Waals surface area contributed by atoms with Crippen LogP contribution >= 0.6 is 0 Å². The molecule has 37 heavy (non-hydrogen) atoms. The standard InChI is InChI=1S/C33H39N3O/c1-2-23-35(32(37)19-18-29-13-11-22-34-27-29)24-10-9-12-28-20-25-36(26-21-28)33(30-14-5-3-6-15-30)31-16-7-4-8-17-31/h2-8,11,13-19,22,27-28,33H,1,9-10,12,20-21,23-26H2. The van der Waals surface area contributed by atoms with Crippen LogP contribution in [0.3, 0.4) is 0 Å². The van der Waals surface area contributed by atoms with E-state index in [1.807, 2.05) is 23.1 Å². The zero-order chi connectivity index (χ0) is 25.7. The largest absolute Gasteiger partial charge is 0.335 e.